The molecule has 0 radical (unpaired) electrons. The summed E-state index contributed by atoms with van der Waals surface area (Å²) in [5.74, 6) is 0.469. The van der Waals surface area contributed by atoms with E-state index in [0.717, 1.165) is 11.3 Å². The van der Waals surface area contributed by atoms with Crippen LogP contribution < -0.4 is 5.32 Å². The van der Waals surface area contributed by atoms with Crippen molar-refractivity contribution in [3.63, 3.8) is 0 Å². The van der Waals surface area contributed by atoms with Gasteiger partial charge in [0.2, 0.25) is 0 Å². The van der Waals surface area contributed by atoms with Crippen LogP contribution in [0, 0.1) is 11.3 Å². The number of rotatable bonds is 5. The number of hydrogen-bond acceptors (Lipinski definition) is 5. The van der Waals surface area contributed by atoms with Gasteiger partial charge < -0.3 is 9.73 Å². The van der Waals surface area contributed by atoms with Crippen LogP contribution in [0.4, 0.5) is 0 Å². The van der Waals surface area contributed by atoms with Gasteiger partial charge in [0, 0.05) is 18.0 Å². The third kappa shape index (κ3) is 3.66. The summed E-state index contributed by atoms with van der Waals surface area (Å²) < 4.78 is 6.90. The Labute approximate surface area is 160 Å². The molecule has 0 bridgehead atoms. The van der Waals surface area contributed by atoms with Crippen molar-refractivity contribution in [2.24, 2.45) is 0 Å². The van der Waals surface area contributed by atoms with Gasteiger partial charge in [-0.15, -0.1) is 0 Å². The highest BCUT2D eigenvalue weighted by Gasteiger charge is 2.09. The van der Waals surface area contributed by atoms with Gasteiger partial charge in [-0.3, -0.25) is 9.78 Å². The number of hydrogen-bond donors (Lipinski definition) is 1. The average molecular weight is 369 g/mol. The number of nitrogens with one attached hydrogen (secondary N) is 1. The van der Waals surface area contributed by atoms with Gasteiger partial charge in [0.25, 0.3) is 5.91 Å². The zero-order valence-electron chi connectivity index (χ0n) is 14.7. The molecule has 1 N–H and O–H groups in total. The molecule has 0 atom stereocenters. The molecule has 3 aromatic heterocycles. The van der Waals surface area contributed by atoms with Crippen molar-refractivity contribution in [3.05, 3.63) is 90.3 Å². The number of nitrogens with zero attached hydrogens (tertiary/aromatic N) is 4. The van der Waals surface area contributed by atoms with Gasteiger partial charge in [-0.1, -0.05) is 0 Å². The summed E-state index contributed by atoms with van der Waals surface area (Å²) in [5, 5.41) is 16.0. The van der Waals surface area contributed by atoms with Crippen LogP contribution in [0.5, 0.6) is 0 Å². The number of aromatic nitrogens is 3. The van der Waals surface area contributed by atoms with Crippen molar-refractivity contribution < 1.29 is 9.21 Å². The highest BCUT2D eigenvalue weighted by molar-refractivity contribution is 5.94. The van der Waals surface area contributed by atoms with E-state index in [2.05, 4.69) is 21.5 Å². The molecule has 0 aliphatic carbocycles. The van der Waals surface area contributed by atoms with E-state index in [1.165, 1.54) is 6.20 Å². The van der Waals surface area contributed by atoms with Gasteiger partial charge in [0.15, 0.2) is 0 Å². The molecule has 0 aliphatic heterocycles. The van der Waals surface area contributed by atoms with Gasteiger partial charge in [-0.2, -0.15) is 10.4 Å². The van der Waals surface area contributed by atoms with E-state index in [4.69, 9.17) is 9.68 Å². The summed E-state index contributed by atoms with van der Waals surface area (Å²) in [5.41, 5.74) is 3.45. The van der Waals surface area contributed by atoms with Crippen LogP contribution in [0.3, 0.4) is 0 Å². The SMILES string of the molecule is N#Cc1ccc(-n2cc(-c3ccc(C(=O)NCc4ccco4)cn3)cn2)cc1. The summed E-state index contributed by atoms with van der Waals surface area (Å²) in [6, 6.07) is 16.3. The summed E-state index contributed by atoms with van der Waals surface area (Å²) in [4.78, 5) is 16.6. The Kier molecular flexibility index (Phi) is 4.68. The van der Waals surface area contributed by atoms with Crippen LogP contribution in [0.15, 0.2) is 77.8 Å². The van der Waals surface area contributed by atoms with Crippen molar-refractivity contribution in [2.45, 2.75) is 6.54 Å². The molecular formula is C21H15N5O2. The number of benzene rings is 1. The van der Waals surface area contributed by atoms with E-state index in [9.17, 15) is 4.79 Å². The standard InChI is InChI=1S/C21H15N5O2/c22-10-15-3-6-18(7-4-15)26-14-17(12-25-26)20-8-5-16(11-23-20)21(27)24-13-19-2-1-9-28-19/h1-9,11-12,14H,13H2,(H,24,27). The lowest BCUT2D eigenvalue weighted by atomic mass is 10.2. The summed E-state index contributed by atoms with van der Waals surface area (Å²) in [6.45, 7) is 0.324. The maximum atomic E-state index is 12.2. The van der Waals surface area contributed by atoms with Gasteiger partial charge in [0.1, 0.15) is 5.76 Å². The van der Waals surface area contributed by atoms with E-state index in [1.54, 1.807) is 53.5 Å². The maximum absolute atomic E-state index is 12.2. The third-order valence-electron chi connectivity index (χ3n) is 4.17. The monoisotopic (exact) mass is 369 g/mol. The first-order valence-corrected chi connectivity index (χ1v) is 8.55. The molecule has 7 heteroatoms. The van der Waals surface area contributed by atoms with Gasteiger partial charge in [-0.25, -0.2) is 4.68 Å². The third-order valence-corrected chi connectivity index (χ3v) is 4.17. The highest BCUT2D eigenvalue weighted by atomic mass is 16.3. The Balaban J connectivity index is 1.45. The van der Waals surface area contributed by atoms with Crippen LogP contribution in [0.25, 0.3) is 16.9 Å². The molecule has 0 fully saturated rings. The molecule has 3 heterocycles. The van der Waals surface area contributed by atoms with E-state index < -0.39 is 0 Å². The number of carbonyl (C=O) groups is 1. The minimum atomic E-state index is -0.219. The Hall–Kier alpha value is -4.18. The topological polar surface area (TPSA) is 96.7 Å². The van der Waals surface area contributed by atoms with E-state index in [1.807, 2.05) is 18.3 Å². The predicted molar refractivity (Wildman–Crippen MR) is 101 cm³/mol. The predicted octanol–water partition coefficient (Wildman–Crippen LogP) is 3.33. The fourth-order valence-corrected chi connectivity index (χ4v) is 2.67. The molecule has 1 aromatic carbocycles. The zero-order chi connectivity index (χ0) is 19.3. The molecule has 0 spiro atoms. The molecule has 136 valence electrons. The van der Waals surface area contributed by atoms with E-state index in [0.29, 0.717) is 29.1 Å². The molecule has 0 aliphatic rings. The quantitative estimate of drug-likeness (QED) is 0.582. The summed E-state index contributed by atoms with van der Waals surface area (Å²) in [6.07, 6.45) is 6.65. The van der Waals surface area contributed by atoms with Crippen LogP contribution in [-0.4, -0.2) is 20.7 Å². The molecular weight excluding hydrogens is 354 g/mol. The Morgan fingerprint density at radius 3 is 2.68 bits per heavy atom. The van der Waals surface area contributed by atoms with Crippen LogP contribution in [-0.2, 0) is 6.54 Å². The van der Waals surface area contributed by atoms with Crippen LogP contribution >= 0.6 is 0 Å². The van der Waals surface area contributed by atoms with Crippen molar-refractivity contribution >= 4 is 5.91 Å². The number of carbonyl (C=O) groups excluding carboxylic acids is 1. The molecule has 4 aromatic rings. The van der Waals surface area contributed by atoms with Gasteiger partial charge >= 0.3 is 0 Å². The van der Waals surface area contributed by atoms with Crippen molar-refractivity contribution in [2.75, 3.05) is 0 Å². The van der Waals surface area contributed by atoms with Crippen LogP contribution in [0.2, 0.25) is 0 Å². The highest BCUT2D eigenvalue weighted by Crippen LogP contribution is 2.18. The Morgan fingerprint density at radius 1 is 1.14 bits per heavy atom. The lowest BCUT2D eigenvalue weighted by Gasteiger charge is -2.04. The Bertz CT molecular complexity index is 1120. The number of amides is 1. The lowest BCUT2D eigenvalue weighted by molar-refractivity contribution is 0.0947. The average Bonchev–Trinajstić information content (AvgIpc) is 3.44. The summed E-state index contributed by atoms with van der Waals surface area (Å²) in [7, 11) is 0. The normalized spacial score (nSPS) is 10.4. The second-order valence-corrected chi connectivity index (χ2v) is 6.03. The molecule has 28 heavy (non-hydrogen) atoms. The van der Waals surface area contributed by atoms with Crippen molar-refractivity contribution in [1.82, 2.24) is 20.1 Å². The molecule has 4 rings (SSSR count). The molecule has 7 nitrogen and oxygen atoms in total. The lowest BCUT2D eigenvalue weighted by Crippen LogP contribution is -2.22. The van der Waals surface area contributed by atoms with Crippen LogP contribution in [0.1, 0.15) is 21.7 Å². The van der Waals surface area contributed by atoms with E-state index >= 15 is 0 Å². The number of pyridine rings is 1. The fourth-order valence-electron chi connectivity index (χ4n) is 2.67. The largest absolute Gasteiger partial charge is 0.467 e. The van der Waals surface area contributed by atoms with Gasteiger partial charge in [-0.05, 0) is 48.5 Å². The minimum Gasteiger partial charge on any atom is -0.467 e. The van der Waals surface area contributed by atoms with Crippen molar-refractivity contribution in [1.29, 1.82) is 5.26 Å². The van der Waals surface area contributed by atoms with Crippen molar-refractivity contribution in [3.8, 4) is 23.0 Å². The van der Waals surface area contributed by atoms with E-state index in [-0.39, 0.29) is 5.91 Å². The first-order chi connectivity index (χ1) is 13.7. The Morgan fingerprint density at radius 2 is 2.00 bits per heavy atom. The maximum Gasteiger partial charge on any atom is 0.253 e. The second-order valence-electron chi connectivity index (χ2n) is 6.03. The molecule has 0 saturated heterocycles. The fraction of sp³-hybridized carbons (Fsp3) is 0.0476. The summed E-state index contributed by atoms with van der Waals surface area (Å²) >= 11 is 0. The smallest absolute Gasteiger partial charge is 0.253 e. The first kappa shape index (κ1) is 17.2. The minimum absolute atomic E-state index is 0.219. The zero-order valence-corrected chi connectivity index (χ0v) is 14.7. The molecule has 0 saturated carbocycles. The molecule has 1 amide bonds. The second kappa shape index (κ2) is 7.60. The number of furan rings is 1. The van der Waals surface area contributed by atoms with Gasteiger partial charge in [0.05, 0.1) is 47.6 Å². The first-order valence-electron chi connectivity index (χ1n) is 8.55. The molecule has 0 unspecified atom stereocenters. The number of nitriles is 1.